The lowest BCUT2D eigenvalue weighted by Crippen LogP contribution is -2.30. The number of nitrogens with zero attached hydrogens (tertiary/aromatic N) is 3. The zero-order chi connectivity index (χ0) is 23.2. The van der Waals surface area contributed by atoms with E-state index in [1.54, 1.807) is 10.7 Å². The van der Waals surface area contributed by atoms with Crippen molar-refractivity contribution in [3.05, 3.63) is 83.8 Å². The van der Waals surface area contributed by atoms with E-state index in [-0.39, 0.29) is 11.8 Å². The van der Waals surface area contributed by atoms with Crippen LogP contribution in [0.4, 0.5) is 5.69 Å². The molecule has 0 aliphatic rings. The fraction of sp³-hybridized carbons (Fsp3) is 0.200. The van der Waals surface area contributed by atoms with E-state index in [0.29, 0.717) is 30.8 Å². The van der Waals surface area contributed by atoms with E-state index in [9.17, 15) is 9.59 Å². The highest BCUT2D eigenvalue weighted by atomic mass is 16.2. The lowest BCUT2D eigenvalue weighted by molar-refractivity contribution is -0.118. The van der Waals surface area contributed by atoms with Crippen molar-refractivity contribution < 1.29 is 9.59 Å². The van der Waals surface area contributed by atoms with Gasteiger partial charge in [0, 0.05) is 38.4 Å². The van der Waals surface area contributed by atoms with E-state index in [0.717, 1.165) is 27.9 Å². The first-order valence-electron chi connectivity index (χ1n) is 10.8. The maximum atomic E-state index is 13.3. The molecule has 0 fully saturated rings. The summed E-state index contributed by atoms with van der Waals surface area (Å²) in [6.45, 7) is 5.18. The normalized spacial score (nSPS) is 10.8. The molecule has 8 heteroatoms. The van der Waals surface area contributed by atoms with Gasteiger partial charge in [0.15, 0.2) is 5.65 Å². The third-order valence-electron chi connectivity index (χ3n) is 5.36. The average Bonchev–Trinajstić information content (AvgIpc) is 3.28. The predicted molar refractivity (Wildman–Crippen MR) is 128 cm³/mol. The summed E-state index contributed by atoms with van der Waals surface area (Å²) in [5, 5.41) is 17.1. The van der Waals surface area contributed by atoms with Crippen LogP contribution in [0.5, 0.6) is 0 Å². The van der Waals surface area contributed by atoms with E-state index in [1.165, 1.54) is 6.92 Å². The molecule has 0 atom stereocenters. The molecule has 3 N–H and O–H groups in total. The SMILES string of the molecule is CC(=O)NCCNCc1cc(C(=O)Nc2cccc(-c3ccccc3)c2C)c2nncn2c1. The van der Waals surface area contributed by atoms with Gasteiger partial charge in [-0.25, -0.2) is 0 Å². The van der Waals surface area contributed by atoms with Crippen LogP contribution < -0.4 is 16.0 Å². The number of pyridine rings is 1. The predicted octanol–water partition coefficient (Wildman–Crippen LogP) is 3.18. The van der Waals surface area contributed by atoms with E-state index < -0.39 is 0 Å². The van der Waals surface area contributed by atoms with Crippen LogP contribution in [0.2, 0.25) is 0 Å². The maximum Gasteiger partial charge on any atom is 0.259 e. The molecule has 2 heterocycles. The molecule has 0 aliphatic carbocycles. The van der Waals surface area contributed by atoms with Gasteiger partial charge in [-0.15, -0.1) is 10.2 Å². The number of hydrogen-bond donors (Lipinski definition) is 3. The van der Waals surface area contributed by atoms with Crippen LogP contribution in [0.1, 0.15) is 28.4 Å². The molecule has 0 radical (unpaired) electrons. The number of fused-ring (bicyclic) bond motifs is 1. The molecule has 0 saturated heterocycles. The second kappa shape index (κ2) is 10.1. The molecular weight excluding hydrogens is 416 g/mol. The van der Waals surface area contributed by atoms with Gasteiger partial charge < -0.3 is 16.0 Å². The highest BCUT2D eigenvalue weighted by molar-refractivity contribution is 6.09. The zero-order valence-corrected chi connectivity index (χ0v) is 18.6. The molecule has 4 rings (SSSR count). The number of nitrogens with one attached hydrogen (secondary N) is 3. The van der Waals surface area contributed by atoms with Crippen LogP contribution in [0, 0.1) is 6.92 Å². The summed E-state index contributed by atoms with van der Waals surface area (Å²) in [5.74, 6) is -0.310. The van der Waals surface area contributed by atoms with E-state index >= 15 is 0 Å². The third kappa shape index (κ3) is 5.24. The van der Waals surface area contributed by atoms with Crippen LogP contribution in [-0.4, -0.2) is 39.5 Å². The highest BCUT2D eigenvalue weighted by Gasteiger charge is 2.16. The van der Waals surface area contributed by atoms with Crippen molar-refractivity contribution in [3.63, 3.8) is 0 Å². The van der Waals surface area contributed by atoms with Gasteiger partial charge in [-0.1, -0.05) is 42.5 Å². The molecule has 8 nitrogen and oxygen atoms in total. The topological polar surface area (TPSA) is 100 Å². The van der Waals surface area contributed by atoms with Crippen LogP contribution in [0.3, 0.4) is 0 Å². The monoisotopic (exact) mass is 442 g/mol. The second-order valence-electron chi connectivity index (χ2n) is 7.78. The Morgan fingerprint density at radius 1 is 1.03 bits per heavy atom. The van der Waals surface area contributed by atoms with Crippen molar-refractivity contribution in [2.75, 3.05) is 18.4 Å². The van der Waals surface area contributed by atoms with Crippen molar-refractivity contribution in [2.24, 2.45) is 0 Å². The molecule has 0 aliphatic heterocycles. The largest absolute Gasteiger partial charge is 0.355 e. The average molecular weight is 443 g/mol. The Kier molecular flexibility index (Phi) is 6.75. The first kappa shape index (κ1) is 22.2. The lowest BCUT2D eigenvalue weighted by Gasteiger charge is -2.14. The minimum atomic E-state index is -0.249. The van der Waals surface area contributed by atoms with Crippen LogP contribution >= 0.6 is 0 Å². The highest BCUT2D eigenvalue weighted by Crippen LogP contribution is 2.29. The van der Waals surface area contributed by atoms with Crippen molar-refractivity contribution >= 4 is 23.1 Å². The summed E-state index contributed by atoms with van der Waals surface area (Å²) in [7, 11) is 0. The molecule has 2 aromatic heterocycles. The van der Waals surface area contributed by atoms with E-state index in [2.05, 4.69) is 38.3 Å². The van der Waals surface area contributed by atoms with Gasteiger partial charge in [0.05, 0.1) is 5.56 Å². The van der Waals surface area contributed by atoms with Gasteiger partial charge in [-0.05, 0) is 41.3 Å². The summed E-state index contributed by atoms with van der Waals surface area (Å²) < 4.78 is 1.74. The van der Waals surface area contributed by atoms with Crippen molar-refractivity contribution in [3.8, 4) is 11.1 Å². The van der Waals surface area contributed by atoms with Crippen molar-refractivity contribution in [1.82, 2.24) is 25.2 Å². The van der Waals surface area contributed by atoms with Crippen molar-refractivity contribution in [1.29, 1.82) is 0 Å². The number of carbonyl (C=O) groups excluding carboxylic acids is 2. The van der Waals surface area contributed by atoms with E-state index in [4.69, 9.17) is 0 Å². The second-order valence-corrected chi connectivity index (χ2v) is 7.78. The Hall–Kier alpha value is -4.04. The van der Waals surface area contributed by atoms with E-state index in [1.807, 2.05) is 55.6 Å². The molecule has 0 saturated carbocycles. The Morgan fingerprint density at radius 2 is 1.85 bits per heavy atom. The fourth-order valence-corrected chi connectivity index (χ4v) is 3.71. The molecule has 0 unspecified atom stereocenters. The van der Waals surface area contributed by atoms with Crippen LogP contribution in [0.15, 0.2) is 67.1 Å². The standard InChI is InChI=1S/C25H26N6O2/c1-17-21(20-7-4-3-5-8-20)9-6-10-23(17)29-25(33)22-13-19(14-26-11-12-27-18(2)32)15-31-16-28-30-24(22)31/h3-10,13,15-16,26H,11-12,14H2,1-2H3,(H,27,32)(H,29,33). The smallest absolute Gasteiger partial charge is 0.259 e. The van der Waals surface area contributed by atoms with Gasteiger partial charge in [0.25, 0.3) is 5.91 Å². The number of anilines is 1. The molecule has 33 heavy (non-hydrogen) atoms. The number of rotatable bonds is 8. The van der Waals surface area contributed by atoms with Crippen LogP contribution in [0.25, 0.3) is 16.8 Å². The zero-order valence-electron chi connectivity index (χ0n) is 18.6. The number of benzene rings is 2. The third-order valence-corrected chi connectivity index (χ3v) is 5.36. The molecule has 4 aromatic rings. The number of aromatic nitrogens is 3. The lowest BCUT2D eigenvalue weighted by atomic mass is 9.99. The number of carbonyl (C=O) groups is 2. The first-order valence-corrected chi connectivity index (χ1v) is 10.8. The quantitative estimate of drug-likeness (QED) is 0.364. The Morgan fingerprint density at radius 3 is 2.64 bits per heavy atom. The van der Waals surface area contributed by atoms with Gasteiger partial charge in [-0.2, -0.15) is 0 Å². The molecule has 168 valence electrons. The molecule has 2 aromatic carbocycles. The van der Waals surface area contributed by atoms with Gasteiger partial charge in [-0.3, -0.25) is 14.0 Å². The number of amides is 2. The summed E-state index contributed by atoms with van der Waals surface area (Å²) in [4.78, 5) is 24.3. The molecule has 0 bridgehead atoms. The maximum absolute atomic E-state index is 13.3. The van der Waals surface area contributed by atoms with Gasteiger partial charge in [0.1, 0.15) is 6.33 Å². The summed E-state index contributed by atoms with van der Waals surface area (Å²) in [6, 6.07) is 17.8. The van der Waals surface area contributed by atoms with Crippen LogP contribution in [-0.2, 0) is 11.3 Å². The molecule has 0 spiro atoms. The Bertz CT molecular complexity index is 1280. The minimum absolute atomic E-state index is 0.0618. The van der Waals surface area contributed by atoms with Crippen molar-refractivity contribution in [2.45, 2.75) is 20.4 Å². The Labute approximate surface area is 192 Å². The summed E-state index contributed by atoms with van der Waals surface area (Å²) >= 11 is 0. The summed E-state index contributed by atoms with van der Waals surface area (Å²) in [6.07, 6.45) is 3.47. The Balaban J connectivity index is 1.55. The number of hydrogen-bond acceptors (Lipinski definition) is 5. The summed E-state index contributed by atoms with van der Waals surface area (Å²) in [5.41, 5.74) is 5.74. The minimum Gasteiger partial charge on any atom is -0.355 e. The molecular formula is C25H26N6O2. The van der Waals surface area contributed by atoms with Gasteiger partial charge >= 0.3 is 0 Å². The fourth-order valence-electron chi connectivity index (χ4n) is 3.71. The van der Waals surface area contributed by atoms with Gasteiger partial charge in [0.2, 0.25) is 5.91 Å². The molecule has 2 amide bonds. The first-order chi connectivity index (χ1) is 16.0.